The van der Waals surface area contributed by atoms with Gasteiger partial charge in [0.05, 0.1) is 19.6 Å². The molecule has 1 aliphatic rings. The third-order valence-corrected chi connectivity index (χ3v) is 5.44. The minimum atomic E-state index is -0.355. The molecule has 5 nitrogen and oxygen atoms in total. The minimum absolute atomic E-state index is 0.0396. The number of fused-ring (bicyclic) bond motifs is 1. The minimum Gasteiger partial charge on any atom is -0.497 e. The van der Waals surface area contributed by atoms with Crippen LogP contribution in [0.5, 0.6) is 5.75 Å². The summed E-state index contributed by atoms with van der Waals surface area (Å²) in [5.74, 6) is 0.604. The number of methoxy groups -OCH3 is 1. The molecule has 0 fully saturated rings. The van der Waals surface area contributed by atoms with E-state index >= 15 is 0 Å². The van der Waals surface area contributed by atoms with E-state index in [1.807, 2.05) is 78.9 Å². The fraction of sp³-hybridized carbons (Fsp3) is 0.200. The zero-order chi connectivity index (χ0) is 20.9. The van der Waals surface area contributed by atoms with Gasteiger partial charge in [0.1, 0.15) is 5.75 Å². The second-order valence-corrected chi connectivity index (χ2v) is 7.35. The van der Waals surface area contributed by atoms with Crippen LogP contribution < -0.4 is 10.1 Å². The molecule has 0 saturated carbocycles. The van der Waals surface area contributed by atoms with E-state index < -0.39 is 0 Å². The number of hydrogen-bond donors (Lipinski definition) is 1. The van der Waals surface area contributed by atoms with E-state index in [9.17, 15) is 9.59 Å². The third-order valence-electron chi connectivity index (χ3n) is 5.44. The Balaban J connectivity index is 1.54. The highest BCUT2D eigenvalue weighted by atomic mass is 16.5. The Labute approximate surface area is 176 Å². The highest BCUT2D eigenvalue weighted by Gasteiger charge is 2.34. The van der Waals surface area contributed by atoms with Gasteiger partial charge in [-0.2, -0.15) is 0 Å². The molecule has 1 aliphatic heterocycles. The van der Waals surface area contributed by atoms with Crippen molar-refractivity contribution in [3.63, 3.8) is 0 Å². The molecule has 4 rings (SSSR count). The lowest BCUT2D eigenvalue weighted by Gasteiger charge is -2.28. The summed E-state index contributed by atoms with van der Waals surface area (Å²) in [4.78, 5) is 27.6. The van der Waals surface area contributed by atoms with Crippen molar-refractivity contribution >= 4 is 11.8 Å². The molecule has 1 heterocycles. The molecule has 0 aliphatic carbocycles. The van der Waals surface area contributed by atoms with Gasteiger partial charge in [-0.1, -0.05) is 60.7 Å². The number of rotatable bonds is 7. The predicted molar refractivity (Wildman–Crippen MR) is 115 cm³/mol. The Kier molecular flexibility index (Phi) is 5.80. The van der Waals surface area contributed by atoms with Crippen molar-refractivity contribution in [2.75, 3.05) is 7.11 Å². The lowest BCUT2D eigenvalue weighted by Crippen LogP contribution is -2.34. The molecular weight excluding hydrogens is 376 g/mol. The zero-order valence-electron chi connectivity index (χ0n) is 16.9. The summed E-state index contributed by atoms with van der Waals surface area (Å²) in [7, 11) is 1.62. The van der Waals surface area contributed by atoms with Crippen molar-refractivity contribution < 1.29 is 14.3 Å². The van der Waals surface area contributed by atoms with E-state index in [2.05, 4.69) is 5.32 Å². The van der Waals surface area contributed by atoms with Crippen LogP contribution in [-0.2, 0) is 17.9 Å². The standard InChI is InChI=1S/C25H24N2O3/c1-30-21-13-11-19(12-14-21)23(15-24(28)26-16-18-7-3-2-4-8-18)27-17-20-9-5-6-10-22(20)25(27)29/h2-14,23H,15-17H2,1H3,(H,26,28)/t23-/m1/s1. The highest BCUT2D eigenvalue weighted by Crippen LogP contribution is 2.34. The fourth-order valence-corrected chi connectivity index (χ4v) is 3.81. The van der Waals surface area contributed by atoms with E-state index in [0.717, 1.165) is 22.4 Å². The van der Waals surface area contributed by atoms with Gasteiger partial charge in [-0.15, -0.1) is 0 Å². The topological polar surface area (TPSA) is 58.6 Å². The van der Waals surface area contributed by atoms with Gasteiger partial charge in [0, 0.05) is 18.7 Å². The van der Waals surface area contributed by atoms with Gasteiger partial charge >= 0.3 is 0 Å². The summed E-state index contributed by atoms with van der Waals surface area (Å²) in [5, 5.41) is 2.98. The number of ether oxygens (including phenoxy) is 1. The number of nitrogens with one attached hydrogen (secondary N) is 1. The SMILES string of the molecule is COc1ccc([C@@H](CC(=O)NCc2ccccc2)N2Cc3ccccc3C2=O)cc1. The Bertz CT molecular complexity index is 1030. The summed E-state index contributed by atoms with van der Waals surface area (Å²) in [6, 6.07) is 24.6. The number of hydrogen-bond acceptors (Lipinski definition) is 3. The van der Waals surface area contributed by atoms with E-state index in [4.69, 9.17) is 4.74 Å². The van der Waals surface area contributed by atoms with E-state index in [1.165, 1.54) is 0 Å². The molecule has 0 aromatic heterocycles. The van der Waals surface area contributed by atoms with Gasteiger partial charge in [-0.3, -0.25) is 9.59 Å². The van der Waals surface area contributed by atoms with Crippen molar-refractivity contribution in [1.82, 2.24) is 10.2 Å². The smallest absolute Gasteiger partial charge is 0.255 e. The van der Waals surface area contributed by atoms with Crippen LogP contribution in [0.2, 0.25) is 0 Å². The first-order chi connectivity index (χ1) is 14.7. The number of benzene rings is 3. The molecule has 1 N–H and O–H groups in total. The highest BCUT2D eigenvalue weighted by molar-refractivity contribution is 5.98. The van der Waals surface area contributed by atoms with Gasteiger partial charge in [0.2, 0.25) is 5.91 Å². The van der Waals surface area contributed by atoms with E-state index in [1.54, 1.807) is 12.0 Å². The van der Waals surface area contributed by atoms with Crippen molar-refractivity contribution in [2.24, 2.45) is 0 Å². The second kappa shape index (κ2) is 8.82. The Morgan fingerprint density at radius 3 is 2.40 bits per heavy atom. The molecule has 1 atom stereocenters. The first-order valence-electron chi connectivity index (χ1n) is 9.99. The molecule has 0 unspecified atom stereocenters. The van der Waals surface area contributed by atoms with Gasteiger partial charge in [0.15, 0.2) is 0 Å². The Hall–Kier alpha value is -3.60. The maximum Gasteiger partial charge on any atom is 0.255 e. The van der Waals surface area contributed by atoms with Crippen LogP contribution in [0.4, 0.5) is 0 Å². The van der Waals surface area contributed by atoms with Crippen LogP contribution in [0, 0.1) is 0 Å². The van der Waals surface area contributed by atoms with Crippen molar-refractivity contribution in [3.8, 4) is 5.75 Å². The average molecular weight is 400 g/mol. The van der Waals surface area contributed by atoms with Crippen LogP contribution in [0.15, 0.2) is 78.9 Å². The largest absolute Gasteiger partial charge is 0.497 e. The molecule has 152 valence electrons. The van der Waals surface area contributed by atoms with Crippen LogP contribution in [0.25, 0.3) is 0 Å². The van der Waals surface area contributed by atoms with Crippen molar-refractivity contribution in [3.05, 3.63) is 101 Å². The van der Waals surface area contributed by atoms with Gasteiger partial charge < -0.3 is 15.0 Å². The summed E-state index contributed by atoms with van der Waals surface area (Å²) in [6.07, 6.45) is 0.193. The Morgan fingerprint density at radius 1 is 1.00 bits per heavy atom. The molecule has 0 spiro atoms. The van der Waals surface area contributed by atoms with Gasteiger partial charge in [0.25, 0.3) is 5.91 Å². The molecule has 0 saturated heterocycles. The quantitative estimate of drug-likeness (QED) is 0.650. The Morgan fingerprint density at radius 2 is 1.70 bits per heavy atom. The maximum absolute atomic E-state index is 13.1. The van der Waals surface area contributed by atoms with Crippen LogP contribution in [0.1, 0.15) is 39.5 Å². The van der Waals surface area contributed by atoms with Gasteiger partial charge in [-0.25, -0.2) is 0 Å². The molecule has 0 bridgehead atoms. The zero-order valence-corrected chi connectivity index (χ0v) is 16.9. The van der Waals surface area contributed by atoms with Crippen LogP contribution >= 0.6 is 0 Å². The predicted octanol–water partition coefficient (Wildman–Crippen LogP) is 4.10. The number of carbonyl (C=O) groups excluding carboxylic acids is 2. The normalized spacial score (nSPS) is 13.6. The molecule has 2 amide bonds. The fourth-order valence-electron chi connectivity index (χ4n) is 3.81. The molecule has 5 heteroatoms. The molecular formula is C25H24N2O3. The van der Waals surface area contributed by atoms with E-state index in [-0.39, 0.29) is 24.3 Å². The molecule has 0 radical (unpaired) electrons. The van der Waals surface area contributed by atoms with Crippen molar-refractivity contribution in [2.45, 2.75) is 25.6 Å². The third kappa shape index (κ3) is 4.20. The lowest BCUT2D eigenvalue weighted by atomic mass is 10.0. The van der Waals surface area contributed by atoms with Crippen LogP contribution in [0.3, 0.4) is 0 Å². The summed E-state index contributed by atoms with van der Waals surface area (Å²) in [6.45, 7) is 0.959. The summed E-state index contributed by atoms with van der Waals surface area (Å²) < 4.78 is 5.26. The summed E-state index contributed by atoms with van der Waals surface area (Å²) >= 11 is 0. The molecule has 3 aromatic carbocycles. The monoisotopic (exact) mass is 400 g/mol. The lowest BCUT2D eigenvalue weighted by molar-refractivity contribution is -0.122. The summed E-state index contributed by atoms with van der Waals surface area (Å²) in [5.41, 5.74) is 3.65. The second-order valence-electron chi connectivity index (χ2n) is 7.35. The van der Waals surface area contributed by atoms with E-state index in [0.29, 0.717) is 18.7 Å². The van der Waals surface area contributed by atoms with Gasteiger partial charge in [-0.05, 0) is 34.9 Å². The average Bonchev–Trinajstić information content (AvgIpc) is 3.13. The maximum atomic E-state index is 13.1. The molecule has 3 aromatic rings. The first kappa shape index (κ1) is 19.7. The number of carbonyl (C=O) groups is 2. The number of nitrogens with zero attached hydrogens (tertiary/aromatic N) is 1. The number of amides is 2. The van der Waals surface area contributed by atoms with Crippen molar-refractivity contribution in [1.29, 1.82) is 0 Å². The van der Waals surface area contributed by atoms with Crippen LogP contribution in [-0.4, -0.2) is 23.8 Å². The molecule has 30 heavy (non-hydrogen) atoms. The first-order valence-corrected chi connectivity index (χ1v) is 9.99.